The molecule has 1 atom stereocenters. The lowest BCUT2D eigenvalue weighted by atomic mass is 9.77. The molecule has 1 unspecified atom stereocenters. The number of benzene rings is 2. The lowest BCUT2D eigenvalue weighted by Gasteiger charge is -2.41. The van der Waals surface area contributed by atoms with Crippen LogP contribution in [0.15, 0.2) is 58.3 Å². The quantitative estimate of drug-likeness (QED) is 0.288. The number of esters is 1. The van der Waals surface area contributed by atoms with Crippen LogP contribution in [0, 0.1) is 5.92 Å². The standard InChI is InChI=1S/C28H30ClN3O5S/c1-35-22-15-23(36-2)20(29)14-18(22)12-13-28(19-10-6-7-11-19)16-21(33)24(26(34)37-28)38-27-30-25(31-32-27)17-8-4-3-5-9-17/h3-5,8-9,14-15,19,33H,6-7,10-13,16H2,1-2H3,(H,30,31,32). The van der Waals surface area contributed by atoms with Gasteiger partial charge in [0.15, 0.2) is 5.82 Å². The van der Waals surface area contributed by atoms with Crippen molar-refractivity contribution in [3.05, 3.63) is 63.7 Å². The Labute approximate surface area is 230 Å². The summed E-state index contributed by atoms with van der Waals surface area (Å²) in [5.41, 5.74) is 0.961. The van der Waals surface area contributed by atoms with Gasteiger partial charge in [-0.05, 0) is 55.0 Å². The smallest absolute Gasteiger partial charge is 0.349 e. The number of hydrogen-bond acceptors (Lipinski definition) is 8. The summed E-state index contributed by atoms with van der Waals surface area (Å²) in [6, 6.07) is 13.2. The van der Waals surface area contributed by atoms with Crippen molar-refractivity contribution in [1.82, 2.24) is 15.2 Å². The summed E-state index contributed by atoms with van der Waals surface area (Å²) in [5.74, 6) is 1.41. The highest BCUT2D eigenvalue weighted by atomic mass is 35.5. The van der Waals surface area contributed by atoms with Gasteiger partial charge in [0.25, 0.3) is 0 Å². The van der Waals surface area contributed by atoms with Crippen LogP contribution in [-0.2, 0) is 16.0 Å². The molecule has 2 N–H and O–H groups in total. The second kappa shape index (κ2) is 11.3. The van der Waals surface area contributed by atoms with Gasteiger partial charge in [-0.3, -0.25) is 5.10 Å². The third-order valence-corrected chi connectivity index (χ3v) is 8.65. The molecular formula is C28H30ClN3O5S. The van der Waals surface area contributed by atoms with Crippen molar-refractivity contribution < 1.29 is 24.1 Å². The van der Waals surface area contributed by atoms with Gasteiger partial charge in [0.1, 0.15) is 27.8 Å². The summed E-state index contributed by atoms with van der Waals surface area (Å²) in [6.45, 7) is 0. The Balaban J connectivity index is 1.38. The fraction of sp³-hybridized carbons (Fsp3) is 0.393. The molecule has 2 aliphatic rings. The van der Waals surface area contributed by atoms with Gasteiger partial charge in [0.05, 0.1) is 19.2 Å². The first-order chi connectivity index (χ1) is 18.4. The fourth-order valence-corrected chi connectivity index (χ4v) is 6.43. The summed E-state index contributed by atoms with van der Waals surface area (Å²) in [5, 5.41) is 19.1. The molecule has 3 aromatic rings. The van der Waals surface area contributed by atoms with E-state index in [1.54, 1.807) is 20.3 Å². The first-order valence-corrected chi connectivity index (χ1v) is 13.8. The van der Waals surface area contributed by atoms with Crippen LogP contribution in [0.25, 0.3) is 11.4 Å². The Bertz CT molecular complexity index is 1340. The molecule has 0 amide bonds. The number of aromatic amines is 1. The molecule has 1 fully saturated rings. The molecule has 2 heterocycles. The molecule has 10 heteroatoms. The van der Waals surface area contributed by atoms with Crippen LogP contribution in [0.2, 0.25) is 5.02 Å². The molecule has 1 aromatic heterocycles. The number of ether oxygens (including phenoxy) is 3. The molecule has 200 valence electrons. The average Bonchev–Trinajstić information content (AvgIpc) is 3.63. The summed E-state index contributed by atoms with van der Waals surface area (Å²) in [6.07, 6.45) is 5.39. The maximum absolute atomic E-state index is 13.3. The third kappa shape index (κ3) is 5.35. The highest BCUT2D eigenvalue weighted by Crippen LogP contribution is 2.48. The van der Waals surface area contributed by atoms with E-state index in [0.29, 0.717) is 40.3 Å². The largest absolute Gasteiger partial charge is 0.511 e. The molecular weight excluding hydrogens is 526 g/mol. The Kier molecular flexibility index (Phi) is 7.85. The molecule has 5 rings (SSSR count). The van der Waals surface area contributed by atoms with Gasteiger partial charge in [0.2, 0.25) is 5.16 Å². The molecule has 0 saturated heterocycles. The van der Waals surface area contributed by atoms with Crippen LogP contribution in [-0.4, -0.2) is 46.1 Å². The van der Waals surface area contributed by atoms with Gasteiger partial charge >= 0.3 is 5.97 Å². The van der Waals surface area contributed by atoms with Gasteiger partial charge < -0.3 is 19.3 Å². The Morgan fingerprint density at radius 2 is 1.89 bits per heavy atom. The molecule has 1 aliphatic carbocycles. The van der Waals surface area contributed by atoms with E-state index >= 15 is 0 Å². The molecule has 2 aromatic carbocycles. The number of hydrogen-bond donors (Lipinski definition) is 2. The zero-order chi connectivity index (χ0) is 26.7. The Hall–Kier alpha value is -3.17. The van der Waals surface area contributed by atoms with E-state index in [1.165, 1.54) is 0 Å². The molecule has 38 heavy (non-hydrogen) atoms. The first-order valence-electron chi connectivity index (χ1n) is 12.6. The average molecular weight is 556 g/mol. The summed E-state index contributed by atoms with van der Waals surface area (Å²) in [4.78, 5) is 17.9. The maximum atomic E-state index is 13.3. The molecule has 0 radical (unpaired) electrons. The SMILES string of the molecule is COc1cc(OC)c(CCC2(C3CCCC3)CC(O)=C(Sc3n[nH]c(-c4ccccc4)n3)C(=O)O2)cc1Cl. The number of aryl methyl sites for hydroxylation is 1. The van der Waals surface area contributed by atoms with E-state index in [1.807, 2.05) is 36.4 Å². The van der Waals surface area contributed by atoms with Crippen LogP contribution in [0.4, 0.5) is 0 Å². The van der Waals surface area contributed by atoms with Crippen molar-refractivity contribution in [2.75, 3.05) is 14.2 Å². The number of aliphatic hydroxyl groups is 1. The van der Waals surface area contributed by atoms with Gasteiger partial charge in [-0.15, -0.1) is 5.10 Å². The summed E-state index contributed by atoms with van der Waals surface area (Å²) in [7, 11) is 3.16. The molecule has 0 spiro atoms. The highest BCUT2D eigenvalue weighted by Gasteiger charge is 2.48. The van der Waals surface area contributed by atoms with E-state index in [0.717, 1.165) is 48.6 Å². The normalized spacial score (nSPS) is 20.0. The Morgan fingerprint density at radius 3 is 2.58 bits per heavy atom. The van der Waals surface area contributed by atoms with Gasteiger partial charge in [-0.1, -0.05) is 54.8 Å². The van der Waals surface area contributed by atoms with E-state index in [-0.39, 0.29) is 23.0 Å². The monoisotopic (exact) mass is 555 g/mol. The zero-order valence-electron chi connectivity index (χ0n) is 21.3. The van der Waals surface area contributed by atoms with E-state index in [2.05, 4.69) is 15.2 Å². The summed E-state index contributed by atoms with van der Waals surface area (Å²) >= 11 is 7.41. The van der Waals surface area contributed by atoms with Crippen molar-refractivity contribution in [3.63, 3.8) is 0 Å². The van der Waals surface area contributed by atoms with Gasteiger partial charge in [-0.25, -0.2) is 9.78 Å². The van der Waals surface area contributed by atoms with Crippen molar-refractivity contribution in [3.8, 4) is 22.9 Å². The molecule has 1 aliphatic heterocycles. The second-order valence-corrected chi connectivity index (χ2v) is 11.0. The van der Waals surface area contributed by atoms with Crippen molar-refractivity contribution >= 4 is 29.3 Å². The van der Waals surface area contributed by atoms with E-state index in [9.17, 15) is 9.90 Å². The number of nitrogens with one attached hydrogen (secondary N) is 1. The number of methoxy groups -OCH3 is 2. The zero-order valence-corrected chi connectivity index (χ0v) is 22.9. The number of H-pyrrole nitrogens is 1. The van der Waals surface area contributed by atoms with E-state index < -0.39 is 11.6 Å². The molecule has 8 nitrogen and oxygen atoms in total. The van der Waals surface area contributed by atoms with Crippen LogP contribution in [0.5, 0.6) is 11.5 Å². The van der Waals surface area contributed by atoms with Crippen molar-refractivity contribution in [2.24, 2.45) is 5.92 Å². The van der Waals surface area contributed by atoms with Gasteiger partial charge in [-0.2, -0.15) is 0 Å². The molecule has 0 bridgehead atoms. The highest BCUT2D eigenvalue weighted by molar-refractivity contribution is 8.03. The number of carbonyl (C=O) groups is 1. The fourth-order valence-electron chi connectivity index (χ4n) is 5.44. The minimum absolute atomic E-state index is 0.0175. The minimum Gasteiger partial charge on any atom is -0.511 e. The number of halogens is 1. The van der Waals surface area contributed by atoms with Gasteiger partial charge in [0, 0.05) is 18.1 Å². The van der Waals surface area contributed by atoms with Crippen LogP contribution in [0.1, 0.15) is 44.1 Å². The number of cyclic esters (lactones) is 1. The van der Waals surface area contributed by atoms with Crippen molar-refractivity contribution in [1.29, 1.82) is 0 Å². The maximum Gasteiger partial charge on any atom is 0.349 e. The topological polar surface area (TPSA) is 107 Å². The number of aliphatic hydroxyl groups excluding tert-OH is 1. The predicted molar refractivity (Wildman–Crippen MR) is 146 cm³/mol. The molecule has 1 saturated carbocycles. The predicted octanol–water partition coefficient (Wildman–Crippen LogP) is 6.51. The van der Waals surface area contributed by atoms with Crippen molar-refractivity contribution in [2.45, 2.75) is 55.7 Å². The summed E-state index contributed by atoms with van der Waals surface area (Å²) < 4.78 is 17.1. The van der Waals surface area contributed by atoms with Crippen LogP contribution < -0.4 is 9.47 Å². The number of aromatic nitrogens is 3. The van der Waals surface area contributed by atoms with Crippen LogP contribution in [0.3, 0.4) is 0 Å². The van der Waals surface area contributed by atoms with Crippen LogP contribution >= 0.6 is 23.4 Å². The lowest BCUT2D eigenvalue weighted by molar-refractivity contribution is -0.166. The number of nitrogens with zero attached hydrogens (tertiary/aromatic N) is 2. The third-order valence-electron chi connectivity index (χ3n) is 7.39. The number of rotatable bonds is 9. The minimum atomic E-state index is -0.812. The van der Waals surface area contributed by atoms with E-state index in [4.69, 9.17) is 25.8 Å². The first kappa shape index (κ1) is 26.4. The number of carbonyl (C=O) groups excluding carboxylic acids is 1. The second-order valence-electron chi connectivity index (χ2n) is 9.62. The Morgan fingerprint density at radius 1 is 1.16 bits per heavy atom. The number of thioether (sulfide) groups is 1. The lowest BCUT2D eigenvalue weighted by Crippen LogP contribution is -2.45.